The van der Waals surface area contributed by atoms with E-state index in [1.54, 1.807) is 11.8 Å². The van der Waals surface area contributed by atoms with Crippen LogP contribution in [0.2, 0.25) is 0 Å². The van der Waals surface area contributed by atoms with E-state index >= 15 is 0 Å². The lowest BCUT2D eigenvalue weighted by Crippen LogP contribution is -2.35. The van der Waals surface area contributed by atoms with E-state index in [0.29, 0.717) is 19.5 Å². The maximum absolute atomic E-state index is 12.6. The van der Waals surface area contributed by atoms with Gasteiger partial charge in [-0.05, 0) is 43.5 Å². The summed E-state index contributed by atoms with van der Waals surface area (Å²) >= 11 is 0. The van der Waals surface area contributed by atoms with Crippen LogP contribution in [0.1, 0.15) is 34.8 Å². The maximum atomic E-state index is 12.6. The van der Waals surface area contributed by atoms with Gasteiger partial charge in [-0.25, -0.2) is 0 Å². The summed E-state index contributed by atoms with van der Waals surface area (Å²) in [5, 5.41) is 13.3. The molecule has 2 aliphatic heterocycles. The molecule has 0 radical (unpaired) electrons. The summed E-state index contributed by atoms with van der Waals surface area (Å²) in [6, 6.07) is 5.95. The highest BCUT2D eigenvalue weighted by molar-refractivity contribution is 5.96. The Morgan fingerprint density at radius 1 is 1.47 bits per heavy atom. The van der Waals surface area contributed by atoms with Crippen LogP contribution < -0.4 is 5.32 Å². The van der Waals surface area contributed by atoms with Gasteiger partial charge in [-0.15, -0.1) is 0 Å². The summed E-state index contributed by atoms with van der Waals surface area (Å²) < 4.78 is 0. The lowest BCUT2D eigenvalue weighted by Gasteiger charge is -2.23. The summed E-state index contributed by atoms with van der Waals surface area (Å²) in [4.78, 5) is 14.4. The Bertz CT molecular complexity index is 511. The fourth-order valence-electron chi connectivity index (χ4n) is 3.02. The van der Waals surface area contributed by atoms with Crippen molar-refractivity contribution < 1.29 is 9.90 Å². The number of nitrogens with one attached hydrogen (secondary N) is 1. The fraction of sp³-hybridized carbons (Fsp3) is 0.533. The molecular weight excluding hydrogens is 240 g/mol. The topological polar surface area (TPSA) is 52.6 Å². The van der Waals surface area contributed by atoms with Crippen molar-refractivity contribution in [3.63, 3.8) is 0 Å². The normalized spacial score (nSPS) is 26.3. The number of carbonyl (C=O) groups excluding carboxylic acids is 1. The van der Waals surface area contributed by atoms with Gasteiger partial charge in [0.1, 0.15) is 0 Å². The van der Waals surface area contributed by atoms with Crippen LogP contribution in [0.25, 0.3) is 0 Å². The van der Waals surface area contributed by atoms with Crippen molar-refractivity contribution in [3.05, 3.63) is 34.9 Å². The number of rotatable bonds is 1. The van der Waals surface area contributed by atoms with E-state index in [4.69, 9.17) is 0 Å². The van der Waals surface area contributed by atoms with Crippen LogP contribution in [0, 0.1) is 0 Å². The Hall–Kier alpha value is -1.39. The molecular formula is C15H20N2O2. The molecule has 1 atom stereocenters. The van der Waals surface area contributed by atoms with E-state index in [2.05, 4.69) is 11.4 Å². The number of fused-ring (bicyclic) bond motifs is 1. The number of hydrogen-bond acceptors (Lipinski definition) is 3. The van der Waals surface area contributed by atoms with Crippen molar-refractivity contribution in [2.24, 2.45) is 0 Å². The highest BCUT2D eigenvalue weighted by Gasteiger charge is 2.35. The molecule has 0 saturated carbocycles. The smallest absolute Gasteiger partial charge is 0.254 e. The average Bonchev–Trinajstić information content (AvgIpc) is 2.78. The van der Waals surface area contributed by atoms with Gasteiger partial charge < -0.3 is 15.3 Å². The van der Waals surface area contributed by atoms with Crippen molar-refractivity contribution in [1.29, 1.82) is 0 Å². The first-order valence-electron chi connectivity index (χ1n) is 6.90. The molecule has 0 bridgehead atoms. The third-order valence-electron chi connectivity index (χ3n) is 4.11. The number of amides is 1. The van der Waals surface area contributed by atoms with Gasteiger partial charge in [0.05, 0.1) is 5.60 Å². The molecule has 2 N–H and O–H groups in total. The highest BCUT2D eigenvalue weighted by atomic mass is 16.3. The molecule has 1 saturated heterocycles. The first-order valence-corrected chi connectivity index (χ1v) is 6.90. The minimum Gasteiger partial charge on any atom is -0.388 e. The predicted octanol–water partition coefficient (Wildman–Crippen LogP) is 0.929. The van der Waals surface area contributed by atoms with Crippen LogP contribution in [-0.2, 0) is 13.0 Å². The molecule has 4 heteroatoms. The first-order chi connectivity index (χ1) is 9.07. The second-order valence-electron chi connectivity index (χ2n) is 5.84. The number of nitrogens with zero attached hydrogens (tertiary/aromatic N) is 1. The molecule has 1 fully saturated rings. The maximum Gasteiger partial charge on any atom is 0.254 e. The van der Waals surface area contributed by atoms with Gasteiger partial charge in [0.2, 0.25) is 0 Å². The predicted molar refractivity (Wildman–Crippen MR) is 73.0 cm³/mol. The number of β-amino-alcohol motifs (C(OH)–C–C–N with tert-alkyl or cyclic N) is 1. The molecule has 1 amide bonds. The van der Waals surface area contributed by atoms with Gasteiger partial charge >= 0.3 is 0 Å². The molecule has 1 aromatic rings. The van der Waals surface area contributed by atoms with Crippen LogP contribution >= 0.6 is 0 Å². The second kappa shape index (κ2) is 4.62. The van der Waals surface area contributed by atoms with Crippen LogP contribution in [0.3, 0.4) is 0 Å². The van der Waals surface area contributed by atoms with Gasteiger partial charge in [-0.2, -0.15) is 0 Å². The zero-order chi connectivity index (χ0) is 13.5. The molecule has 3 rings (SSSR count). The minimum atomic E-state index is -0.730. The molecule has 19 heavy (non-hydrogen) atoms. The summed E-state index contributed by atoms with van der Waals surface area (Å²) in [5.41, 5.74) is 2.49. The molecule has 0 spiro atoms. The van der Waals surface area contributed by atoms with E-state index in [1.807, 2.05) is 12.1 Å². The molecule has 1 unspecified atom stereocenters. The zero-order valence-corrected chi connectivity index (χ0v) is 11.3. The molecule has 1 aromatic carbocycles. The molecule has 2 heterocycles. The van der Waals surface area contributed by atoms with Crippen molar-refractivity contribution >= 4 is 5.91 Å². The number of hydrogen-bond donors (Lipinski definition) is 2. The van der Waals surface area contributed by atoms with Gasteiger partial charge in [0.25, 0.3) is 5.91 Å². The summed E-state index contributed by atoms with van der Waals surface area (Å²) in [5.74, 6) is 0.0662. The van der Waals surface area contributed by atoms with Gasteiger partial charge in [0.15, 0.2) is 0 Å². The zero-order valence-electron chi connectivity index (χ0n) is 11.3. The van der Waals surface area contributed by atoms with Crippen LogP contribution in [0.15, 0.2) is 18.2 Å². The fourth-order valence-corrected chi connectivity index (χ4v) is 3.02. The summed E-state index contributed by atoms with van der Waals surface area (Å²) in [7, 11) is 0. The molecule has 2 aliphatic rings. The monoisotopic (exact) mass is 260 g/mol. The van der Waals surface area contributed by atoms with Crippen molar-refractivity contribution in [1.82, 2.24) is 10.2 Å². The number of aliphatic hydroxyl groups is 1. The van der Waals surface area contributed by atoms with Crippen LogP contribution in [0.5, 0.6) is 0 Å². The second-order valence-corrected chi connectivity index (χ2v) is 5.84. The van der Waals surface area contributed by atoms with E-state index in [-0.39, 0.29) is 5.91 Å². The van der Waals surface area contributed by atoms with Gasteiger partial charge in [-0.1, -0.05) is 12.1 Å². The van der Waals surface area contributed by atoms with Gasteiger partial charge in [0, 0.05) is 25.2 Å². The number of benzene rings is 1. The third-order valence-corrected chi connectivity index (χ3v) is 4.11. The summed E-state index contributed by atoms with van der Waals surface area (Å²) in [6.45, 7) is 4.65. The number of carbonyl (C=O) groups is 1. The summed E-state index contributed by atoms with van der Waals surface area (Å²) in [6.07, 6.45) is 1.57. The Balaban J connectivity index is 1.88. The lowest BCUT2D eigenvalue weighted by molar-refractivity contribution is 0.0571. The third kappa shape index (κ3) is 2.38. The Labute approximate surface area is 113 Å². The van der Waals surface area contributed by atoms with Crippen LogP contribution in [-0.4, -0.2) is 41.1 Å². The standard InChI is InChI=1S/C15H20N2O2/c1-15(19)6-8-17(10-15)14(18)13-4-2-3-11-9-16-7-5-12(11)13/h2-4,16,19H,5-10H2,1H3. The molecule has 0 aliphatic carbocycles. The molecule has 4 nitrogen and oxygen atoms in total. The van der Waals surface area contributed by atoms with E-state index in [9.17, 15) is 9.90 Å². The SMILES string of the molecule is CC1(O)CCN(C(=O)c2cccc3c2CCNC3)C1. The average molecular weight is 260 g/mol. The quantitative estimate of drug-likeness (QED) is 0.790. The first kappa shape index (κ1) is 12.6. The van der Waals surface area contributed by atoms with Crippen molar-refractivity contribution in [2.75, 3.05) is 19.6 Å². The van der Waals surface area contributed by atoms with E-state index < -0.39 is 5.60 Å². The largest absolute Gasteiger partial charge is 0.388 e. The Morgan fingerprint density at radius 2 is 2.32 bits per heavy atom. The molecule has 102 valence electrons. The van der Waals surface area contributed by atoms with Crippen LogP contribution in [0.4, 0.5) is 0 Å². The van der Waals surface area contributed by atoms with Crippen molar-refractivity contribution in [3.8, 4) is 0 Å². The Kier molecular flexibility index (Phi) is 3.07. The molecule has 0 aromatic heterocycles. The minimum absolute atomic E-state index is 0.0662. The van der Waals surface area contributed by atoms with E-state index in [0.717, 1.165) is 25.1 Å². The van der Waals surface area contributed by atoms with Gasteiger partial charge in [-0.3, -0.25) is 4.79 Å². The lowest BCUT2D eigenvalue weighted by atomic mass is 9.95. The Morgan fingerprint density at radius 3 is 3.05 bits per heavy atom. The highest BCUT2D eigenvalue weighted by Crippen LogP contribution is 2.25. The van der Waals surface area contributed by atoms with E-state index in [1.165, 1.54) is 11.1 Å². The number of likely N-dealkylation sites (tertiary alicyclic amines) is 1. The van der Waals surface area contributed by atoms with Crippen molar-refractivity contribution in [2.45, 2.75) is 31.9 Å².